The zero-order valence-corrected chi connectivity index (χ0v) is 12.7. The lowest BCUT2D eigenvalue weighted by Gasteiger charge is -2.07. The molecule has 1 N–H and O–H groups in total. The first-order valence-electron chi connectivity index (χ1n) is 6.97. The molecule has 0 radical (unpaired) electrons. The van der Waals surface area contributed by atoms with E-state index in [9.17, 15) is 0 Å². The van der Waals surface area contributed by atoms with Gasteiger partial charge < -0.3 is 9.94 Å². The minimum absolute atomic E-state index is 0.507. The van der Waals surface area contributed by atoms with Crippen molar-refractivity contribution < 1.29 is 9.94 Å². The van der Waals surface area contributed by atoms with Gasteiger partial charge in [0.05, 0.1) is 17.1 Å². The Bertz CT molecular complexity index is 615. The lowest BCUT2D eigenvalue weighted by atomic mass is 10.1. The van der Waals surface area contributed by atoms with Gasteiger partial charge in [0, 0.05) is 7.05 Å². The summed E-state index contributed by atoms with van der Waals surface area (Å²) >= 11 is 0. The van der Waals surface area contributed by atoms with Gasteiger partial charge in [0.15, 0.2) is 0 Å². The molecule has 0 aliphatic rings. The minimum atomic E-state index is 0.507. The van der Waals surface area contributed by atoms with Gasteiger partial charge in [-0.05, 0) is 50.5 Å². The molecule has 5 heteroatoms. The lowest BCUT2D eigenvalue weighted by Crippen LogP contribution is -2.03. The molecule has 0 fully saturated rings. The molecule has 0 atom stereocenters. The van der Waals surface area contributed by atoms with Crippen molar-refractivity contribution in [3.05, 3.63) is 47.3 Å². The fourth-order valence-electron chi connectivity index (χ4n) is 2.08. The van der Waals surface area contributed by atoms with E-state index in [0.29, 0.717) is 6.61 Å². The second-order valence-electron chi connectivity index (χ2n) is 5.17. The number of rotatable bonds is 6. The Labute approximate surface area is 124 Å². The molecule has 2 rings (SSSR count). The monoisotopic (exact) mass is 287 g/mol. The number of nitrogens with zero attached hydrogens (tertiary/aromatic N) is 3. The zero-order valence-electron chi connectivity index (χ0n) is 12.7. The SMILES string of the molecule is CC(CCc1ccc(OCc2cc(C)nn2C)cc1)=NO. The van der Waals surface area contributed by atoms with Crippen molar-refractivity contribution in [1.82, 2.24) is 9.78 Å². The first kappa shape index (κ1) is 15.1. The summed E-state index contributed by atoms with van der Waals surface area (Å²) in [5.74, 6) is 0.838. The van der Waals surface area contributed by atoms with E-state index in [1.165, 1.54) is 5.56 Å². The molecular weight excluding hydrogens is 266 g/mol. The second-order valence-corrected chi connectivity index (χ2v) is 5.17. The smallest absolute Gasteiger partial charge is 0.130 e. The number of aryl methyl sites for hydroxylation is 3. The third-order valence-electron chi connectivity index (χ3n) is 3.36. The largest absolute Gasteiger partial charge is 0.487 e. The van der Waals surface area contributed by atoms with Crippen molar-refractivity contribution in [3.63, 3.8) is 0 Å². The standard InChI is InChI=1S/C16H21N3O2/c1-12(18-20)4-5-14-6-8-16(9-7-14)21-11-15-10-13(2)17-19(15)3/h6-10,20H,4-5,11H2,1-3H3. The average molecular weight is 287 g/mol. The van der Waals surface area contributed by atoms with Gasteiger partial charge in [-0.15, -0.1) is 0 Å². The van der Waals surface area contributed by atoms with E-state index in [1.807, 2.05) is 55.9 Å². The van der Waals surface area contributed by atoms with Gasteiger partial charge in [0.25, 0.3) is 0 Å². The van der Waals surface area contributed by atoms with Crippen LogP contribution in [0.25, 0.3) is 0 Å². The van der Waals surface area contributed by atoms with E-state index in [-0.39, 0.29) is 0 Å². The molecule has 5 nitrogen and oxygen atoms in total. The van der Waals surface area contributed by atoms with Gasteiger partial charge in [-0.2, -0.15) is 5.10 Å². The Kier molecular flexibility index (Phi) is 4.98. The Morgan fingerprint density at radius 2 is 2.05 bits per heavy atom. The molecule has 1 aromatic carbocycles. The molecule has 2 aromatic rings. The maximum atomic E-state index is 8.62. The number of aromatic nitrogens is 2. The molecule has 112 valence electrons. The van der Waals surface area contributed by atoms with Crippen molar-refractivity contribution in [1.29, 1.82) is 0 Å². The Balaban J connectivity index is 1.89. The first-order chi connectivity index (χ1) is 10.1. The van der Waals surface area contributed by atoms with E-state index in [2.05, 4.69) is 10.3 Å². The topological polar surface area (TPSA) is 59.6 Å². The highest BCUT2D eigenvalue weighted by atomic mass is 16.5. The third kappa shape index (κ3) is 4.34. The maximum Gasteiger partial charge on any atom is 0.130 e. The van der Waals surface area contributed by atoms with Gasteiger partial charge in [0.1, 0.15) is 12.4 Å². The van der Waals surface area contributed by atoms with Gasteiger partial charge >= 0.3 is 0 Å². The van der Waals surface area contributed by atoms with Crippen LogP contribution >= 0.6 is 0 Å². The average Bonchev–Trinajstić information content (AvgIpc) is 2.81. The fraction of sp³-hybridized carbons (Fsp3) is 0.375. The highest BCUT2D eigenvalue weighted by molar-refractivity contribution is 5.81. The van der Waals surface area contributed by atoms with Gasteiger partial charge in [-0.1, -0.05) is 17.3 Å². The minimum Gasteiger partial charge on any atom is -0.487 e. The molecule has 0 bridgehead atoms. The van der Waals surface area contributed by atoms with E-state index >= 15 is 0 Å². The Morgan fingerprint density at radius 3 is 2.62 bits per heavy atom. The summed E-state index contributed by atoms with van der Waals surface area (Å²) < 4.78 is 7.60. The summed E-state index contributed by atoms with van der Waals surface area (Å²) in [5.41, 5.74) is 3.97. The number of benzene rings is 1. The molecule has 1 heterocycles. The number of ether oxygens (including phenoxy) is 1. The lowest BCUT2D eigenvalue weighted by molar-refractivity contribution is 0.295. The summed E-state index contributed by atoms with van der Waals surface area (Å²) in [4.78, 5) is 0. The van der Waals surface area contributed by atoms with Crippen molar-refractivity contribution in [2.45, 2.75) is 33.3 Å². The van der Waals surface area contributed by atoms with Crippen molar-refractivity contribution in [2.75, 3.05) is 0 Å². The van der Waals surface area contributed by atoms with Crippen LogP contribution in [0.15, 0.2) is 35.5 Å². The van der Waals surface area contributed by atoms with Gasteiger partial charge in [0.2, 0.25) is 0 Å². The van der Waals surface area contributed by atoms with Crippen LogP contribution < -0.4 is 4.74 Å². The summed E-state index contributed by atoms with van der Waals surface area (Å²) in [6.07, 6.45) is 1.61. The fourth-order valence-corrected chi connectivity index (χ4v) is 2.08. The van der Waals surface area contributed by atoms with Crippen LogP contribution in [0, 0.1) is 6.92 Å². The van der Waals surface area contributed by atoms with E-state index in [4.69, 9.17) is 9.94 Å². The van der Waals surface area contributed by atoms with Crippen LogP contribution in [-0.4, -0.2) is 20.7 Å². The molecule has 21 heavy (non-hydrogen) atoms. The van der Waals surface area contributed by atoms with Crippen molar-refractivity contribution >= 4 is 5.71 Å². The normalized spacial score (nSPS) is 11.7. The van der Waals surface area contributed by atoms with Crippen LogP contribution in [0.2, 0.25) is 0 Å². The predicted octanol–water partition coefficient (Wildman–Crippen LogP) is 3.09. The highest BCUT2D eigenvalue weighted by Crippen LogP contribution is 2.15. The predicted molar refractivity (Wildman–Crippen MR) is 81.9 cm³/mol. The molecular formula is C16H21N3O2. The molecule has 0 unspecified atom stereocenters. The maximum absolute atomic E-state index is 8.62. The summed E-state index contributed by atoms with van der Waals surface area (Å²) in [6.45, 7) is 4.29. The number of hydrogen-bond acceptors (Lipinski definition) is 4. The third-order valence-corrected chi connectivity index (χ3v) is 3.36. The van der Waals surface area contributed by atoms with Crippen molar-refractivity contribution in [2.24, 2.45) is 12.2 Å². The van der Waals surface area contributed by atoms with E-state index in [1.54, 1.807) is 0 Å². The van der Waals surface area contributed by atoms with Crippen LogP contribution in [0.5, 0.6) is 5.75 Å². The van der Waals surface area contributed by atoms with Crippen LogP contribution in [0.1, 0.15) is 30.3 Å². The van der Waals surface area contributed by atoms with Crippen LogP contribution in [-0.2, 0) is 20.1 Å². The number of hydrogen-bond donors (Lipinski definition) is 1. The molecule has 1 aromatic heterocycles. The second kappa shape index (κ2) is 6.92. The van der Waals surface area contributed by atoms with Gasteiger partial charge in [-0.25, -0.2) is 0 Å². The van der Waals surface area contributed by atoms with Crippen LogP contribution in [0.3, 0.4) is 0 Å². The molecule has 0 amide bonds. The molecule has 0 spiro atoms. The first-order valence-corrected chi connectivity index (χ1v) is 6.97. The molecule has 0 aliphatic carbocycles. The molecule has 0 saturated heterocycles. The van der Waals surface area contributed by atoms with E-state index < -0.39 is 0 Å². The summed E-state index contributed by atoms with van der Waals surface area (Å²) in [7, 11) is 1.92. The number of oxime groups is 1. The molecule has 0 saturated carbocycles. The van der Waals surface area contributed by atoms with Crippen molar-refractivity contribution in [3.8, 4) is 5.75 Å². The zero-order chi connectivity index (χ0) is 15.2. The van der Waals surface area contributed by atoms with Gasteiger partial charge in [-0.3, -0.25) is 4.68 Å². The quantitative estimate of drug-likeness (QED) is 0.504. The Morgan fingerprint density at radius 1 is 1.33 bits per heavy atom. The molecule has 0 aliphatic heterocycles. The highest BCUT2D eigenvalue weighted by Gasteiger charge is 2.03. The van der Waals surface area contributed by atoms with E-state index in [0.717, 1.165) is 35.7 Å². The Hall–Kier alpha value is -2.30. The summed E-state index contributed by atoms with van der Waals surface area (Å²) in [6, 6.07) is 10.0. The van der Waals surface area contributed by atoms with Crippen LogP contribution in [0.4, 0.5) is 0 Å². The summed E-state index contributed by atoms with van der Waals surface area (Å²) in [5, 5.41) is 16.1.